The fourth-order valence-corrected chi connectivity index (χ4v) is 5.20. The van der Waals surface area contributed by atoms with Gasteiger partial charge in [0, 0.05) is 23.2 Å². The van der Waals surface area contributed by atoms with Crippen LogP contribution in [0.4, 0.5) is 0 Å². The lowest BCUT2D eigenvalue weighted by molar-refractivity contribution is 0.0986. The second-order valence-corrected chi connectivity index (χ2v) is 7.36. The van der Waals surface area contributed by atoms with Gasteiger partial charge >= 0.3 is 0 Å². The summed E-state index contributed by atoms with van der Waals surface area (Å²) in [7, 11) is 0. The van der Waals surface area contributed by atoms with Gasteiger partial charge in [-0.05, 0) is 11.6 Å². The van der Waals surface area contributed by atoms with Crippen LogP contribution in [0, 0.1) is 0 Å². The molecule has 0 amide bonds. The summed E-state index contributed by atoms with van der Waals surface area (Å²) < 4.78 is 5.64. The normalized spacial score (nSPS) is 26.5. The fourth-order valence-electron chi connectivity index (χ4n) is 2.48. The number of thioether (sulfide) groups is 2. The van der Waals surface area contributed by atoms with Crippen molar-refractivity contribution in [1.29, 1.82) is 0 Å². The number of rotatable bonds is 2. The zero-order valence-corrected chi connectivity index (χ0v) is 12.0. The minimum atomic E-state index is 0.0828. The van der Waals surface area contributed by atoms with Crippen molar-refractivity contribution in [2.45, 2.75) is 23.8 Å². The Morgan fingerprint density at radius 3 is 3.00 bits per heavy atom. The van der Waals surface area contributed by atoms with E-state index >= 15 is 0 Å². The Bertz CT molecular complexity index is 473. The molecule has 2 aliphatic heterocycles. The van der Waals surface area contributed by atoms with E-state index in [0.717, 1.165) is 29.2 Å². The van der Waals surface area contributed by atoms with Gasteiger partial charge in [-0.2, -0.15) is 11.8 Å². The van der Waals surface area contributed by atoms with Crippen LogP contribution < -0.4 is 4.74 Å². The number of Topliss-reactive ketones (excluding diaryl/α,β-unsaturated/α-hetero) is 1. The second-order valence-electron chi connectivity index (χ2n) is 4.62. The predicted octanol–water partition coefficient (Wildman–Crippen LogP) is 3.04. The molecule has 0 aliphatic carbocycles. The van der Waals surface area contributed by atoms with Crippen LogP contribution in [-0.2, 0) is 6.42 Å². The Kier molecular flexibility index (Phi) is 3.57. The minimum Gasteiger partial charge on any atom is -0.492 e. The third kappa shape index (κ3) is 2.16. The molecule has 0 bridgehead atoms. The Morgan fingerprint density at radius 2 is 2.17 bits per heavy atom. The van der Waals surface area contributed by atoms with E-state index in [-0.39, 0.29) is 11.0 Å². The molecule has 1 fully saturated rings. The molecule has 1 saturated heterocycles. The van der Waals surface area contributed by atoms with Crippen molar-refractivity contribution < 1.29 is 9.53 Å². The molecule has 2 heterocycles. The molecule has 96 valence electrons. The smallest absolute Gasteiger partial charge is 0.180 e. The van der Waals surface area contributed by atoms with Crippen molar-refractivity contribution in [2.24, 2.45) is 0 Å². The van der Waals surface area contributed by atoms with Gasteiger partial charge in [0.1, 0.15) is 5.75 Å². The first-order chi connectivity index (χ1) is 8.77. The lowest BCUT2D eigenvalue weighted by atomic mass is 10.0. The molecule has 3 rings (SSSR count). The summed E-state index contributed by atoms with van der Waals surface area (Å²) in [5, 5.41) is 0.480. The highest BCUT2D eigenvalue weighted by Crippen LogP contribution is 2.37. The number of ether oxygens (including phenoxy) is 1. The van der Waals surface area contributed by atoms with Crippen LogP contribution in [0.1, 0.15) is 22.8 Å². The summed E-state index contributed by atoms with van der Waals surface area (Å²) in [6, 6.07) is 5.95. The topological polar surface area (TPSA) is 26.3 Å². The molecular formula is C14H16O2S2. The maximum absolute atomic E-state index is 12.7. The summed E-state index contributed by atoms with van der Waals surface area (Å²) in [4.78, 5) is 12.7. The molecule has 0 spiro atoms. The first kappa shape index (κ1) is 12.4. The van der Waals surface area contributed by atoms with Gasteiger partial charge in [0.2, 0.25) is 0 Å². The standard InChI is InChI=1S/C14H16O2S2/c1-9-14(18-8-7-17-9)12(15)11-4-2-3-10-5-6-16-13(10)11/h2-4,9,14H,5-8H2,1H3. The molecule has 4 heteroatoms. The first-order valence-electron chi connectivity index (χ1n) is 6.29. The third-order valence-electron chi connectivity index (χ3n) is 3.43. The second kappa shape index (κ2) is 5.17. The monoisotopic (exact) mass is 280 g/mol. The maximum Gasteiger partial charge on any atom is 0.180 e. The van der Waals surface area contributed by atoms with Gasteiger partial charge in [-0.3, -0.25) is 4.79 Å². The largest absolute Gasteiger partial charge is 0.492 e. The van der Waals surface area contributed by atoms with Crippen molar-refractivity contribution in [3.05, 3.63) is 29.3 Å². The van der Waals surface area contributed by atoms with E-state index in [1.165, 1.54) is 5.56 Å². The molecule has 1 aromatic carbocycles. The number of fused-ring (bicyclic) bond motifs is 1. The molecule has 0 aromatic heterocycles. The number of para-hydroxylation sites is 1. The first-order valence-corrected chi connectivity index (χ1v) is 8.39. The molecule has 2 unspecified atom stereocenters. The van der Waals surface area contributed by atoms with Gasteiger partial charge in [0.05, 0.1) is 17.4 Å². The highest BCUT2D eigenvalue weighted by molar-refractivity contribution is 8.07. The number of carbonyl (C=O) groups is 1. The van der Waals surface area contributed by atoms with Gasteiger partial charge < -0.3 is 4.74 Å². The van der Waals surface area contributed by atoms with Gasteiger partial charge in [0.25, 0.3) is 0 Å². The molecule has 1 aromatic rings. The number of carbonyl (C=O) groups excluding carboxylic acids is 1. The average molecular weight is 280 g/mol. The molecule has 2 nitrogen and oxygen atoms in total. The van der Waals surface area contributed by atoms with Crippen molar-refractivity contribution in [3.8, 4) is 5.75 Å². The number of hydrogen-bond donors (Lipinski definition) is 0. The van der Waals surface area contributed by atoms with Crippen LogP contribution >= 0.6 is 23.5 Å². The zero-order valence-electron chi connectivity index (χ0n) is 10.3. The Morgan fingerprint density at radius 1 is 1.33 bits per heavy atom. The van der Waals surface area contributed by atoms with Crippen LogP contribution in [0.25, 0.3) is 0 Å². The summed E-state index contributed by atoms with van der Waals surface area (Å²) in [6.45, 7) is 2.87. The minimum absolute atomic E-state index is 0.0828. The lowest BCUT2D eigenvalue weighted by Gasteiger charge is -2.27. The molecular weight excluding hydrogens is 264 g/mol. The van der Waals surface area contributed by atoms with Gasteiger partial charge in [-0.25, -0.2) is 0 Å². The van der Waals surface area contributed by atoms with Crippen LogP contribution in [0.5, 0.6) is 5.75 Å². The van der Waals surface area contributed by atoms with E-state index in [4.69, 9.17) is 4.74 Å². The van der Waals surface area contributed by atoms with Crippen LogP contribution in [0.15, 0.2) is 18.2 Å². The number of benzene rings is 1. The molecule has 0 radical (unpaired) electrons. The summed E-state index contributed by atoms with van der Waals surface area (Å²) in [6.07, 6.45) is 0.929. The highest BCUT2D eigenvalue weighted by atomic mass is 32.2. The van der Waals surface area contributed by atoms with Gasteiger partial charge in [0.15, 0.2) is 5.78 Å². The summed E-state index contributed by atoms with van der Waals surface area (Å²) >= 11 is 3.69. The predicted molar refractivity (Wildman–Crippen MR) is 78.1 cm³/mol. The molecule has 2 aliphatic rings. The Hall–Kier alpha value is -0.610. The Balaban J connectivity index is 1.90. The van der Waals surface area contributed by atoms with Crippen LogP contribution in [0.2, 0.25) is 0 Å². The Labute approximate surface area is 116 Å². The van der Waals surface area contributed by atoms with Crippen LogP contribution in [0.3, 0.4) is 0 Å². The third-order valence-corrected chi connectivity index (χ3v) is 6.52. The summed E-state index contributed by atoms with van der Waals surface area (Å²) in [5.41, 5.74) is 1.97. The van der Waals surface area contributed by atoms with E-state index in [0.29, 0.717) is 11.9 Å². The quantitative estimate of drug-likeness (QED) is 0.778. The van der Waals surface area contributed by atoms with E-state index in [1.807, 2.05) is 23.9 Å². The molecule has 2 atom stereocenters. The van der Waals surface area contributed by atoms with E-state index in [2.05, 4.69) is 13.0 Å². The van der Waals surface area contributed by atoms with Crippen molar-refractivity contribution in [1.82, 2.24) is 0 Å². The van der Waals surface area contributed by atoms with E-state index < -0.39 is 0 Å². The average Bonchev–Trinajstić information content (AvgIpc) is 2.86. The highest BCUT2D eigenvalue weighted by Gasteiger charge is 2.32. The molecule has 18 heavy (non-hydrogen) atoms. The number of ketones is 1. The van der Waals surface area contributed by atoms with E-state index in [9.17, 15) is 4.79 Å². The summed E-state index contributed by atoms with van der Waals surface area (Å²) in [5.74, 6) is 3.31. The van der Waals surface area contributed by atoms with Crippen molar-refractivity contribution >= 4 is 29.3 Å². The number of hydrogen-bond acceptors (Lipinski definition) is 4. The van der Waals surface area contributed by atoms with Crippen LogP contribution in [-0.4, -0.2) is 34.4 Å². The van der Waals surface area contributed by atoms with Crippen molar-refractivity contribution in [3.63, 3.8) is 0 Å². The molecule has 0 N–H and O–H groups in total. The SMILES string of the molecule is CC1SCCSC1C(=O)c1cccc2c1OCC2. The van der Waals surface area contributed by atoms with Gasteiger partial charge in [-0.15, -0.1) is 11.8 Å². The zero-order chi connectivity index (χ0) is 12.5. The van der Waals surface area contributed by atoms with Gasteiger partial charge in [-0.1, -0.05) is 19.1 Å². The van der Waals surface area contributed by atoms with Crippen molar-refractivity contribution in [2.75, 3.05) is 18.1 Å². The molecule has 0 saturated carbocycles. The lowest BCUT2D eigenvalue weighted by Crippen LogP contribution is -2.31. The van der Waals surface area contributed by atoms with E-state index in [1.54, 1.807) is 11.8 Å². The fraction of sp³-hybridized carbons (Fsp3) is 0.500. The maximum atomic E-state index is 12.7.